The number of anilines is 1. The summed E-state index contributed by atoms with van der Waals surface area (Å²) >= 11 is 0. The van der Waals surface area contributed by atoms with Crippen LogP contribution in [-0.4, -0.2) is 6.04 Å². The molecular formula is C15H24N2. The monoisotopic (exact) mass is 232 g/mol. The molecule has 1 saturated carbocycles. The summed E-state index contributed by atoms with van der Waals surface area (Å²) in [4.78, 5) is 0. The van der Waals surface area contributed by atoms with Gasteiger partial charge in [0.15, 0.2) is 0 Å². The van der Waals surface area contributed by atoms with Gasteiger partial charge in [-0.1, -0.05) is 37.8 Å². The van der Waals surface area contributed by atoms with Gasteiger partial charge in [0.25, 0.3) is 0 Å². The topological polar surface area (TPSA) is 38.0 Å². The Morgan fingerprint density at radius 2 is 1.88 bits per heavy atom. The zero-order valence-electron chi connectivity index (χ0n) is 10.8. The third-order valence-electron chi connectivity index (χ3n) is 3.92. The highest BCUT2D eigenvalue weighted by Gasteiger charge is 2.11. The molecule has 0 spiro atoms. The van der Waals surface area contributed by atoms with Crippen molar-refractivity contribution >= 4 is 5.69 Å². The summed E-state index contributed by atoms with van der Waals surface area (Å²) < 4.78 is 0. The van der Waals surface area contributed by atoms with E-state index in [9.17, 15) is 0 Å². The van der Waals surface area contributed by atoms with Crippen LogP contribution in [0.25, 0.3) is 0 Å². The Morgan fingerprint density at radius 3 is 2.59 bits per heavy atom. The van der Waals surface area contributed by atoms with E-state index in [0.29, 0.717) is 6.04 Å². The highest BCUT2D eigenvalue weighted by molar-refractivity contribution is 5.49. The highest BCUT2D eigenvalue weighted by Crippen LogP contribution is 2.19. The van der Waals surface area contributed by atoms with Crippen LogP contribution in [0.15, 0.2) is 18.2 Å². The average molecular weight is 232 g/mol. The van der Waals surface area contributed by atoms with E-state index in [1.54, 1.807) is 0 Å². The first kappa shape index (κ1) is 12.4. The standard InChI is InChI=1S/C15H24N2/c1-12-13(7-6-10-15(12)16)11-17-14-8-4-2-3-5-9-14/h6-7,10,14,17H,2-5,8-9,11,16H2,1H3. The summed E-state index contributed by atoms with van der Waals surface area (Å²) in [5.74, 6) is 0. The van der Waals surface area contributed by atoms with Crippen molar-refractivity contribution in [3.05, 3.63) is 29.3 Å². The number of nitrogens with one attached hydrogen (secondary N) is 1. The van der Waals surface area contributed by atoms with Crippen molar-refractivity contribution in [1.29, 1.82) is 0 Å². The lowest BCUT2D eigenvalue weighted by Crippen LogP contribution is -2.28. The molecule has 0 unspecified atom stereocenters. The Hall–Kier alpha value is -1.02. The number of nitrogens with two attached hydrogens (primary N) is 1. The van der Waals surface area contributed by atoms with Crippen LogP contribution in [0.5, 0.6) is 0 Å². The van der Waals surface area contributed by atoms with Gasteiger partial charge in [-0.25, -0.2) is 0 Å². The van der Waals surface area contributed by atoms with Crippen LogP contribution in [0.3, 0.4) is 0 Å². The van der Waals surface area contributed by atoms with Crippen molar-refractivity contribution in [2.45, 2.75) is 58.0 Å². The molecule has 0 aromatic heterocycles. The number of benzene rings is 1. The van der Waals surface area contributed by atoms with E-state index in [2.05, 4.69) is 18.3 Å². The Kier molecular flexibility index (Phi) is 4.43. The molecule has 94 valence electrons. The zero-order valence-corrected chi connectivity index (χ0v) is 10.8. The summed E-state index contributed by atoms with van der Waals surface area (Å²) in [6, 6.07) is 6.91. The smallest absolute Gasteiger partial charge is 0.0346 e. The van der Waals surface area contributed by atoms with Gasteiger partial charge in [-0.2, -0.15) is 0 Å². The molecule has 0 atom stereocenters. The lowest BCUT2D eigenvalue weighted by molar-refractivity contribution is 0.458. The zero-order chi connectivity index (χ0) is 12.1. The van der Waals surface area contributed by atoms with Crippen molar-refractivity contribution in [2.75, 3.05) is 5.73 Å². The molecule has 1 aromatic rings. The van der Waals surface area contributed by atoms with E-state index in [4.69, 9.17) is 5.73 Å². The largest absolute Gasteiger partial charge is 0.399 e. The van der Waals surface area contributed by atoms with Gasteiger partial charge in [0.1, 0.15) is 0 Å². The first-order chi connectivity index (χ1) is 8.27. The number of nitrogen functional groups attached to an aromatic ring is 1. The van der Waals surface area contributed by atoms with Crippen molar-refractivity contribution in [2.24, 2.45) is 0 Å². The predicted molar refractivity (Wildman–Crippen MR) is 73.9 cm³/mol. The molecule has 2 nitrogen and oxygen atoms in total. The van der Waals surface area contributed by atoms with Gasteiger partial charge >= 0.3 is 0 Å². The van der Waals surface area contributed by atoms with Gasteiger partial charge in [0, 0.05) is 18.3 Å². The molecule has 17 heavy (non-hydrogen) atoms. The predicted octanol–water partition coefficient (Wildman–Crippen LogP) is 3.39. The SMILES string of the molecule is Cc1c(N)cccc1CNC1CCCCCC1. The van der Waals surface area contributed by atoms with E-state index >= 15 is 0 Å². The van der Waals surface area contributed by atoms with E-state index in [0.717, 1.165) is 12.2 Å². The summed E-state index contributed by atoms with van der Waals surface area (Å²) in [6.07, 6.45) is 8.26. The minimum atomic E-state index is 0.707. The Morgan fingerprint density at radius 1 is 1.18 bits per heavy atom. The summed E-state index contributed by atoms with van der Waals surface area (Å²) in [7, 11) is 0. The molecule has 0 radical (unpaired) electrons. The number of rotatable bonds is 3. The Balaban J connectivity index is 1.90. The van der Waals surface area contributed by atoms with Gasteiger partial charge in [0.05, 0.1) is 0 Å². The maximum atomic E-state index is 5.93. The van der Waals surface area contributed by atoms with Crippen LogP contribution in [0, 0.1) is 6.92 Å². The van der Waals surface area contributed by atoms with E-state index < -0.39 is 0 Å². The fourth-order valence-electron chi connectivity index (χ4n) is 2.63. The fraction of sp³-hybridized carbons (Fsp3) is 0.600. The van der Waals surface area contributed by atoms with E-state index in [1.165, 1.54) is 49.7 Å². The normalized spacial score (nSPS) is 17.9. The van der Waals surface area contributed by atoms with E-state index in [1.807, 2.05) is 12.1 Å². The molecule has 0 bridgehead atoms. The molecule has 0 amide bonds. The second-order valence-electron chi connectivity index (χ2n) is 5.20. The summed E-state index contributed by atoms with van der Waals surface area (Å²) in [5.41, 5.74) is 9.41. The van der Waals surface area contributed by atoms with Crippen molar-refractivity contribution in [1.82, 2.24) is 5.32 Å². The minimum Gasteiger partial charge on any atom is -0.399 e. The van der Waals surface area contributed by atoms with Gasteiger partial charge in [-0.3, -0.25) is 0 Å². The highest BCUT2D eigenvalue weighted by atomic mass is 14.9. The summed E-state index contributed by atoms with van der Waals surface area (Å²) in [6.45, 7) is 3.07. The quantitative estimate of drug-likeness (QED) is 0.619. The molecule has 0 aliphatic heterocycles. The third-order valence-corrected chi connectivity index (χ3v) is 3.92. The molecule has 0 heterocycles. The Bertz CT molecular complexity index is 352. The molecule has 1 aliphatic carbocycles. The summed E-state index contributed by atoms with van der Waals surface area (Å²) in [5, 5.41) is 3.69. The molecule has 0 saturated heterocycles. The molecule has 1 aromatic carbocycles. The molecule has 2 heteroatoms. The lowest BCUT2D eigenvalue weighted by atomic mass is 10.1. The molecule has 3 N–H and O–H groups in total. The van der Waals surface area contributed by atoms with Crippen LogP contribution in [0.2, 0.25) is 0 Å². The second kappa shape index (κ2) is 6.06. The minimum absolute atomic E-state index is 0.707. The first-order valence-electron chi connectivity index (χ1n) is 6.84. The van der Waals surface area contributed by atoms with Crippen molar-refractivity contribution < 1.29 is 0 Å². The molecule has 2 rings (SSSR count). The van der Waals surface area contributed by atoms with Gasteiger partial charge in [-0.05, 0) is 37.0 Å². The maximum Gasteiger partial charge on any atom is 0.0346 e. The number of hydrogen-bond acceptors (Lipinski definition) is 2. The number of hydrogen-bond donors (Lipinski definition) is 2. The molecular weight excluding hydrogens is 208 g/mol. The first-order valence-corrected chi connectivity index (χ1v) is 6.84. The lowest BCUT2D eigenvalue weighted by Gasteiger charge is -2.17. The van der Waals surface area contributed by atoms with Crippen molar-refractivity contribution in [3.8, 4) is 0 Å². The molecule has 1 fully saturated rings. The van der Waals surface area contributed by atoms with Crippen LogP contribution < -0.4 is 11.1 Å². The fourth-order valence-corrected chi connectivity index (χ4v) is 2.63. The van der Waals surface area contributed by atoms with Crippen LogP contribution >= 0.6 is 0 Å². The second-order valence-corrected chi connectivity index (χ2v) is 5.20. The van der Waals surface area contributed by atoms with Gasteiger partial charge in [-0.15, -0.1) is 0 Å². The van der Waals surface area contributed by atoms with Crippen LogP contribution in [0.4, 0.5) is 5.69 Å². The van der Waals surface area contributed by atoms with Gasteiger partial charge < -0.3 is 11.1 Å². The third kappa shape index (κ3) is 3.47. The maximum absolute atomic E-state index is 5.93. The van der Waals surface area contributed by atoms with Gasteiger partial charge in [0.2, 0.25) is 0 Å². The van der Waals surface area contributed by atoms with Crippen LogP contribution in [-0.2, 0) is 6.54 Å². The van der Waals surface area contributed by atoms with Crippen molar-refractivity contribution in [3.63, 3.8) is 0 Å². The van der Waals surface area contributed by atoms with Crippen LogP contribution in [0.1, 0.15) is 49.7 Å². The molecule has 1 aliphatic rings. The average Bonchev–Trinajstić information content (AvgIpc) is 2.59. The van der Waals surface area contributed by atoms with E-state index in [-0.39, 0.29) is 0 Å². The Labute approximate surface area is 105 Å².